The number of aromatic amines is 2. The summed E-state index contributed by atoms with van der Waals surface area (Å²) in [7, 11) is 0. The Kier molecular flexibility index (Phi) is 3.81. The van der Waals surface area contributed by atoms with Gasteiger partial charge in [0.2, 0.25) is 0 Å². The highest BCUT2D eigenvalue weighted by Crippen LogP contribution is 2.41. The molecule has 0 atom stereocenters. The molecule has 1 aliphatic rings. The molecule has 110 valence electrons. The highest BCUT2D eigenvalue weighted by molar-refractivity contribution is 7.99. The minimum atomic E-state index is 1.08. The minimum absolute atomic E-state index is 1.08. The molecule has 0 saturated heterocycles. The van der Waals surface area contributed by atoms with Crippen molar-refractivity contribution < 1.29 is 0 Å². The number of hydrogen-bond acceptors (Lipinski definition) is 2. The molecule has 0 fully saturated rings. The minimum Gasteiger partial charge on any atom is -0.352 e. The molecule has 0 saturated carbocycles. The van der Waals surface area contributed by atoms with Crippen molar-refractivity contribution in [2.45, 2.75) is 39.0 Å². The molecule has 0 aliphatic carbocycles. The predicted octanol–water partition coefficient (Wildman–Crippen LogP) is 4.85. The number of nitrogens with one attached hydrogen (secondary N) is 2. The number of H-pyrrole nitrogens is 2. The lowest BCUT2D eigenvalue weighted by molar-refractivity contribution is 1.04. The highest BCUT2D eigenvalue weighted by atomic mass is 32.2. The lowest BCUT2D eigenvalue weighted by atomic mass is 10.1. The quantitative estimate of drug-likeness (QED) is 0.623. The highest BCUT2D eigenvalue weighted by Gasteiger charge is 2.23. The van der Waals surface area contributed by atoms with Crippen molar-refractivity contribution >= 4 is 22.7 Å². The van der Waals surface area contributed by atoms with E-state index >= 15 is 0 Å². The molecular formula is C17H21N3S. The molecule has 0 amide bonds. The van der Waals surface area contributed by atoms with Crippen LogP contribution in [0.3, 0.4) is 0 Å². The third-order valence-corrected chi connectivity index (χ3v) is 4.94. The van der Waals surface area contributed by atoms with Gasteiger partial charge in [-0.3, -0.25) is 5.10 Å². The molecule has 2 aromatic heterocycles. The van der Waals surface area contributed by atoms with Gasteiger partial charge in [0.1, 0.15) is 5.69 Å². The number of fused-ring (bicyclic) bond motifs is 5. The van der Waals surface area contributed by atoms with Crippen LogP contribution in [0.25, 0.3) is 22.3 Å². The zero-order valence-electron chi connectivity index (χ0n) is 13.0. The van der Waals surface area contributed by atoms with Gasteiger partial charge in [-0.15, -0.1) is 11.8 Å². The number of aryl methyl sites for hydroxylation is 2. The van der Waals surface area contributed by atoms with Crippen LogP contribution in [-0.4, -0.2) is 20.9 Å². The normalized spacial score (nSPS) is 13.1. The third-order valence-electron chi connectivity index (χ3n) is 3.82. The summed E-state index contributed by atoms with van der Waals surface area (Å²) in [6.45, 7) is 8.25. The molecule has 3 heterocycles. The molecule has 0 spiro atoms. The summed E-state index contributed by atoms with van der Waals surface area (Å²) in [5.74, 6) is 1.11. The van der Waals surface area contributed by atoms with Crippen LogP contribution in [0.15, 0.2) is 23.1 Å². The number of rotatable bonds is 0. The van der Waals surface area contributed by atoms with E-state index in [2.05, 4.69) is 47.2 Å². The fourth-order valence-electron chi connectivity index (χ4n) is 2.82. The Hall–Kier alpha value is -1.68. The monoisotopic (exact) mass is 299 g/mol. The molecule has 0 bridgehead atoms. The maximum absolute atomic E-state index is 4.51. The van der Waals surface area contributed by atoms with Crippen molar-refractivity contribution in [1.29, 1.82) is 0 Å². The van der Waals surface area contributed by atoms with E-state index in [0.29, 0.717) is 0 Å². The Morgan fingerprint density at radius 3 is 2.81 bits per heavy atom. The Morgan fingerprint density at radius 1 is 1.19 bits per heavy atom. The van der Waals surface area contributed by atoms with E-state index in [-0.39, 0.29) is 0 Å². The molecule has 0 unspecified atom stereocenters. The zero-order valence-corrected chi connectivity index (χ0v) is 13.8. The van der Waals surface area contributed by atoms with Gasteiger partial charge in [-0.25, -0.2) is 0 Å². The molecule has 21 heavy (non-hydrogen) atoms. The average Bonchev–Trinajstić information content (AvgIpc) is 2.97. The van der Waals surface area contributed by atoms with Crippen molar-refractivity contribution in [3.05, 3.63) is 35.0 Å². The lowest BCUT2D eigenvalue weighted by Gasteiger charge is -1.98. The van der Waals surface area contributed by atoms with Gasteiger partial charge < -0.3 is 4.98 Å². The Balaban J connectivity index is 0.000000636. The van der Waals surface area contributed by atoms with Crippen molar-refractivity contribution in [2.75, 3.05) is 5.75 Å². The van der Waals surface area contributed by atoms with Crippen molar-refractivity contribution in [1.82, 2.24) is 15.2 Å². The maximum atomic E-state index is 4.51. The molecule has 3 nitrogen and oxygen atoms in total. The largest absolute Gasteiger partial charge is 0.352 e. The number of aromatic nitrogens is 3. The van der Waals surface area contributed by atoms with Gasteiger partial charge in [0.05, 0.1) is 5.69 Å². The van der Waals surface area contributed by atoms with E-state index < -0.39 is 0 Å². The van der Waals surface area contributed by atoms with Crippen LogP contribution < -0.4 is 0 Å². The Labute approximate surface area is 129 Å². The van der Waals surface area contributed by atoms with Gasteiger partial charge in [-0.05, 0) is 32.4 Å². The van der Waals surface area contributed by atoms with E-state index in [1.54, 1.807) is 0 Å². The second-order valence-corrected chi connectivity index (χ2v) is 6.26. The first-order valence-electron chi connectivity index (χ1n) is 7.53. The molecule has 2 N–H and O–H groups in total. The van der Waals surface area contributed by atoms with Gasteiger partial charge in [0.15, 0.2) is 0 Å². The number of thioether (sulfide) groups is 1. The van der Waals surface area contributed by atoms with Gasteiger partial charge in [-0.2, -0.15) is 5.10 Å². The van der Waals surface area contributed by atoms with Crippen LogP contribution in [0.4, 0.5) is 0 Å². The number of hydrogen-bond donors (Lipinski definition) is 2. The summed E-state index contributed by atoms with van der Waals surface area (Å²) in [5, 5.41) is 8.96. The molecular weight excluding hydrogens is 278 g/mol. The van der Waals surface area contributed by atoms with E-state index in [4.69, 9.17) is 0 Å². The molecule has 1 aromatic carbocycles. The maximum Gasteiger partial charge on any atom is 0.113 e. The first-order valence-corrected chi connectivity index (χ1v) is 8.52. The summed E-state index contributed by atoms with van der Waals surface area (Å²) in [5.41, 5.74) is 7.34. The zero-order chi connectivity index (χ0) is 15.0. The molecule has 0 radical (unpaired) electrons. The molecule has 1 aliphatic heterocycles. The predicted molar refractivity (Wildman–Crippen MR) is 91.1 cm³/mol. The van der Waals surface area contributed by atoms with E-state index in [1.807, 2.05) is 25.6 Å². The molecule has 4 heteroatoms. The van der Waals surface area contributed by atoms with Crippen molar-refractivity contribution in [3.8, 4) is 11.4 Å². The van der Waals surface area contributed by atoms with E-state index in [0.717, 1.165) is 17.9 Å². The fraction of sp³-hybridized carbons (Fsp3) is 0.353. The Morgan fingerprint density at radius 2 is 2.00 bits per heavy atom. The topological polar surface area (TPSA) is 44.5 Å². The molecule has 3 aromatic rings. The first-order chi connectivity index (χ1) is 10.2. The number of nitrogens with zero attached hydrogens (tertiary/aromatic N) is 1. The van der Waals surface area contributed by atoms with Crippen LogP contribution >= 0.6 is 11.8 Å². The second kappa shape index (κ2) is 5.60. The van der Waals surface area contributed by atoms with Crippen LogP contribution in [0, 0.1) is 13.8 Å². The average molecular weight is 299 g/mol. The van der Waals surface area contributed by atoms with Crippen LogP contribution in [-0.2, 0) is 6.42 Å². The molecule has 4 rings (SSSR count). The fourth-order valence-corrected chi connectivity index (χ4v) is 3.94. The van der Waals surface area contributed by atoms with E-state index in [1.165, 1.54) is 38.3 Å². The number of benzene rings is 1. The summed E-state index contributed by atoms with van der Waals surface area (Å²) in [6.07, 6.45) is 1.08. The lowest BCUT2D eigenvalue weighted by Crippen LogP contribution is -1.89. The van der Waals surface area contributed by atoms with Gasteiger partial charge in [-0.1, -0.05) is 25.5 Å². The van der Waals surface area contributed by atoms with Crippen LogP contribution in [0.1, 0.15) is 30.7 Å². The summed E-state index contributed by atoms with van der Waals surface area (Å²) >= 11 is 1.94. The van der Waals surface area contributed by atoms with E-state index in [9.17, 15) is 0 Å². The van der Waals surface area contributed by atoms with Gasteiger partial charge in [0, 0.05) is 32.8 Å². The van der Waals surface area contributed by atoms with Crippen molar-refractivity contribution in [2.24, 2.45) is 0 Å². The van der Waals surface area contributed by atoms with Crippen LogP contribution in [0.2, 0.25) is 0 Å². The third kappa shape index (κ3) is 2.27. The second-order valence-electron chi connectivity index (χ2n) is 5.15. The summed E-state index contributed by atoms with van der Waals surface area (Å²) < 4.78 is 0. The first kappa shape index (κ1) is 14.3. The summed E-state index contributed by atoms with van der Waals surface area (Å²) in [6, 6.07) is 6.58. The smallest absolute Gasteiger partial charge is 0.113 e. The van der Waals surface area contributed by atoms with Gasteiger partial charge in [0.25, 0.3) is 0 Å². The van der Waals surface area contributed by atoms with Gasteiger partial charge >= 0.3 is 0 Å². The van der Waals surface area contributed by atoms with Crippen molar-refractivity contribution in [3.63, 3.8) is 0 Å². The SMILES string of the molecule is CC.Cc1ccc2[nH]c3c(c2c1)SCCc1c-3n[nH]c1C. The Bertz CT molecular complexity index is 783. The standard InChI is InChI=1S/C15H15N3S.C2H6/c1-8-3-4-12-11(7-8)15-14(16-12)13-10(5-6-19-15)9(2)17-18-13;1-2/h3-4,7,16H,5-6H2,1-2H3,(H,17,18);1-2H3. The summed E-state index contributed by atoms with van der Waals surface area (Å²) in [4.78, 5) is 4.90. The van der Waals surface area contributed by atoms with Crippen LogP contribution in [0.5, 0.6) is 0 Å².